The van der Waals surface area contributed by atoms with Crippen LogP contribution in [0.4, 0.5) is 4.79 Å². The average molecular weight is 319 g/mol. The van der Waals surface area contributed by atoms with E-state index in [1.807, 2.05) is 11.8 Å². The zero-order valence-electron chi connectivity index (χ0n) is 12.4. The van der Waals surface area contributed by atoms with Crippen LogP contribution in [-0.2, 0) is 9.59 Å². The van der Waals surface area contributed by atoms with Crippen molar-refractivity contribution in [2.24, 2.45) is 5.73 Å². The second kappa shape index (κ2) is 12.3. The highest BCUT2D eigenvalue weighted by Gasteiger charge is 2.20. The maximum atomic E-state index is 11.5. The van der Waals surface area contributed by atoms with Crippen LogP contribution in [0.25, 0.3) is 0 Å². The number of carboxylic acids is 1. The molecule has 8 heteroatoms. The van der Waals surface area contributed by atoms with Crippen molar-refractivity contribution >= 4 is 29.7 Å². The zero-order valence-corrected chi connectivity index (χ0v) is 13.2. The summed E-state index contributed by atoms with van der Waals surface area (Å²) in [6.07, 6.45) is 6.18. The first kappa shape index (κ1) is 19.6. The number of urea groups is 1. The Kier molecular flexibility index (Phi) is 11.5. The molecule has 0 aliphatic rings. The van der Waals surface area contributed by atoms with Crippen molar-refractivity contribution in [2.45, 2.75) is 44.6 Å². The topological polar surface area (TPSA) is 122 Å². The molecule has 5 N–H and O–H groups in total. The van der Waals surface area contributed by atoms with E-state index < -0.39 is 23.9 Å². The van der Waals surface area contributed by atoms with Crippen LogP contribution in [0.5, 0.6) is 0 Å². The van der Waals surface area contributed by atoms with E-state index >= 15 is 0 Å². The van der Waals surface area contributed by atoms with Gasteiger partial charge < -0.3 is 21.5 Å². The molecule has 0 rings (SSSR count). The molecule has 0 aromatic heterocycles. The van der Waals surface area contributed by atoms with Crippen LogP contribution >= 0.6 is 11.8 Å². The first-order chi connectivity index (χ1) is 9.97. The number of carboxylic acid groups (broad SMARTS) is 1. The first-order valence-electron chi connectivity index (χ1n) is 7.01. The number of hydrogen-bond acceptors (Lipinski definition) is 4. The van der Waals surface area contributed by atoms with Gasteiger partial charge in [0.25, 0.3) is 0 Å². The lowest BCUT2D eigenvalue weighted by atomic mass is 10.1. The molecular formula is C13H25N3O4S. The number of hydrogen-bond donors (Lipinski definition) is 4. The number of aliphatic carboxylic acids is 1. The molecule has 0 aromatic rings. The third kappa shape index (κ3) is 12.0. The van der Waals surface area contributed by atoms with Gasteiger partial charge in [-0.3, -0.25) is 4.79 Å². The average Bonchev–Trinajstić information content (AvgIpc) is 2.41. The summed E-state index contributed by atoms with van der Waals surface area (Å²) >= 11 is 1.82. The quantitative estimate of drug-likeness (QED) is 0.399. The molecule has 0 aromatic carbocycles. The monoisotopic (exact) mass is 319 g/mol. The highest BCUT2D eigenvalue weighted by Crippen LogP contribution is 2.04. The molecule has 0 fully saturated rings. The summed E-state index contributed by atoms with van der Waals surface area (Å²) in [4.78, 5) is 33.1. The number of carbonyl (C=O) groups excluding carboxylic acids is 2. The summed E-state index contributed by atoms with van der Waals surface area (Å²) < 4.78 is 0. The Hall–Kier alpha value is -1.44. The summed E-state index contributed by atoms with van der Waals surface area (Å²) in [5.41, 5.74) is 4.96. The van der Waals surface area contributed by atoms with Crippen molar-refractivity contribution in [1.29, 1.82) is 0 Å². The Morgan fingerprint density at radius 3 is 2.43 bits per heavy atom. The van der Waals surface area contributed by atoms with Crippen molar-refractivity contribution < 1.29 is 19.5 Å². The highest BCUT2D eigenvalue weighted by molar-refractivity contribution is 7.98. The van der Waals surface area contributed by atoms with E-state index in [0.717, 1.165) is 25.0 Å². The van der Waals surface area contributed by atoms with Gasteiger partial charge >= 0.3 is 12.0 Å². The Bertz CT molecular complexity index is 339. The lowest BCUT2D eigenvalue weighted by Gasteiger charge is -2.14. The Balaban J connectivity index is 3.78. The van der Waals surface area contributed by atoms with Gasteiger partial charge in [0.05, 0.1) is 0 Å². The first-order valence-corrected chi connectivity index (χ1v) is 8.41. The maximum absolute atomic E-state index is 11.5. The number of amides is 3. The van der Waals surface area contributed by atoms with Gasteiger partial charge in [0.15, 0.2) is 0 Å². The van der Waals surface area contributed by atoms with E-state index in [-0.39, 0.29) is 12.8 Å². The summed E-state index contributed by atoms with van der Waals surface area (Å²) in [5, 5.41) is 13.9. The largest absolute Gasteiger partial charge is 0.480 e. The SMILES string of the molecule is CSCCCCCCNC(=O)NC(CCC(N)=O)C(=O)O. The number of carbonyl (C=O) groups is 3. The Morgan fingerprint density at radius 2 is 1.86 bits per heavy atom. The molecular weight excluding hydrogens is 294 g/mol. The van der Waals surface area contributed by atoms with Gasteiger partial charge in [-0.1, -0.05) is 12.8 Å². The normalized spacial score (nSPS) is 11.7. The Morgan fingerprint density at radius 1 is 1.19 bits per heavy atom. The van der Waals surface area contributed by atoms with E-state index in [1.54, 1.807) is 0 Å². The summed E-state index contributed by atoms with van der Waals surface area (Å²) in [5.74, 6) is -0.620. The van der Waals surface area contributed by atoms with Gasteiger partial charge in [-0.05, 0) is 31.3 Å². The second-order valence-corrected chi connectivity index (χ2v) is 5.69. The van der Waals surface area contributed by atoms with Gasteiger partial charge in [0.2, 0.25) is 5.91 Å². The van der Waals surface area contributed by atoms with Crippen molar-refractivity contribution in [3.05, 3.63) is 0 Å². The minimum absolute atomic E-state index is 0.00717. The predicted octanol–water partition coefficient (Wildman–Crippen LogP) is 0.928. The minimum Gasteiger partial charge on any atom is -0.480 e. The van der Waals surface area contributed by atoms with Crippen LogP contribution in [0.1, 0.15) is 38.5 Å². The van der Waals surface area contributed by atoms with Crippen LogP contribution in [0.2, 0.25) is 0 Å². The van der Waals surface area contributed by atoms with E-state index in [1.165, 1.54) is 6.42 Å². The molecule has 7 nitrogen and oxygen atoms in total. The zero-order chi connectivity index (χ0) is 16.1. The highest BCUT2D eigenvalue weighted by atomic mass is 32.2. The van der Waals surface area contributed by atoms with Crippen molar-refractivity contribution in [2.75, 3.05) is 18.6 Å². The van der Waals surface area contributed by atoms with E-state index in [9.17, 15) is 14.4 Å². The van der Waals surface area contributed by atoms with Crippen molar-refractivity contribution in [3.63, 3.8) is 0 Å². The van der Waals surface area contributed by atoms with Crippen LogP contribution in [0.15, 0.2) is 0 Å². The van der Waals surface area contributed by atoms with Crippen molar-refractivity contribution in [1.82, 2.24) is 10.6 Å². The molecule has 0 saturated carbocycles. The maximum Gasteiger partial charge on any atom is 0.326 e. The summed E-state index contributed by atoms with van der Waals surface area (Å²) in [6.45, 7) is 0.507. The van der Waals surface area contributed by atoms with E-state index in [4.69, 9.17) is 10.8 Å². The number of nitrogens with one attached hydrogen (secondary N) is 2. The molecule has 0 aliphatic carbocycles. The number of rotatable bonds is 12. The molecule has 0 saturated heterocycles. The number of unbranched alkanes of at least 4 members (excludes halogenated alkanes) is 3. The smallest absolute Gasteiger partial charge is 0.326 e. The van der Waals surface area contributed by atoms with Crippen LogP contribution in [0, 0.1) is 0 Å². The number of primary amides is 1. The van der Waals surface area contributed by atoms with Crippen LogP contribution in [0.3, 0.4) is 0 Å². The molecule has 0 spiro atoms. The molecule has 1 unspecified atom stereocenters. The molecule has 21 heavy (non-hydrogen) atoms. The Labute approximate surface area is 129 Å². The van der Waals surface area contributed by atoms with Gasteiger partial charge in [-0.2, -0.15) is 11.8 Å². The van der Waals surface area contributed by atoms with Gasteiger partial charge in [-0.15, -0.1) is 0 Å². The van der Waals surface area contributed by atoms with Crippen LogP contribution in [-0.4, -0.2) is 47.6 Å². The van der Waals surface area contributed by atoms with Gasteiger partial charge in [0, 0.05) is 13.0 Å². The third-order valence-electron chi connectivity index (χ3n) is 2.84. The molecule has 0 bridgehead atoms. The van der Waals surface area contributed by atoms with E-state index in [2.05, 4.69) is 16.9 Å². The molecule has 0 aliphatic heterocycles. The third-order valence-corrected chi connectivity index (χ3v) is 3.54. The minimum atomic E-state index is -1.18. The molecule has 0 heterocycles. The lowest BCUT2D eigenvalue weighted by molar-refractivity contribution is -0.139. The van der Waals surface area contributed by atoms with Gasteiger partial charge in [0.1, 0.15) is 6.04 Å². The van der Waals surface area contributed by atoms with Gasteiger partial charge in [-0.25, -0.2) is 9.59 Å². The van der Waals surface area contributed by atoms with Crippen LogP contribution < -0.4 is 16.4 Å². The number of nitrogens with two attached hydrogens (primary N) is 1. The summed E-state index contributed by atoms with van der Waals surface area (Å²) in [7, 11) is 0. The molecule has 0 radical (unpaired) electrons. The predicted molar refractivity (Wildman–Crippen MR) is 83.2 cm³/mol. The second-order valence-electron chi connectivity index (χ2n) is 4.70. The molecule has 3 amide bonds. The fourth-order valence-electron chi connectivity index (χ4n) is 1.68. The summed E-state index contributed by atoms with van der Waals surface area (Å²) in [6, 6.07) is -1.63. The lowest BCUT2D eigenvalue weighted by Crippen LogP contribution is -2.46. The number of thioether (sulfide) groups is 1. The molecule has 122 valence electrons. The fourth-order valence-corrected chi connectivity index (χ4v) is 2.17. The fraction of sp³-hybridized carbons (Fsp3) is 0.769. The van der Waals surface area contributed by atoms with E-state index in [0.29, 0.717) is 6.54 Å². The standard InChI is InChI=1S/C13H25N3O4S/c1-21-9-5-3-2-4-8-15-13(20)16-10(12(18)19)6-7-11(14)17/h10H,2-9H2,1H3,(H2,14,17)(H,18,19)(H2,15,16,20). The van der Waals surface area contributed by atoms with Crippen molar-refractivity contribution in [3.8, 4) is 0 Å². The molecule has 1 atom stereocenters.